The van der Waals surface area contributed by atoms with Crippen molar-refractivity contribution in [2.24, 2.45) is 11.7 Å². The van der Waals surface area contributed by atoms with E-state index >= 15 is 0 Å². The number of nitrogens with two attached hydrogens (primary N) is 1. The molecule has 0 spiro atoms. The summed E-state index contributed by atoms with van der Waals surface area (Å²) >= 11 is 0. The van der Waals surface area contributed by atoms with Crippen LogP contribution in [0.15, 0.2) is 0 Å². The normalized spacial score (nSPS) is 19.0. The Hall–Kier alpha value is -0.610. The molecule has 4 heteroatoms. The maximum absolute atomic E-state index is 12.0. The van der Waals surface area contributed by atoms with Crippen molar-refractivity contribution in [1.29, 1.82) is 0 Å². The van der Waals surface area contributed by atoms with Gasteiger partial charge in [-0.1, -0.05) is 19.3 Å². The zero-order valence-corrected chi connectivity index (χ0v) is 11.2. The Labute approximate surface area is 104 Å². The van der Waals surface area contributed by atoms with Crippen molar-refractivity contribution in [3.05, 3.63) is 0 Å². The van der Waals surface area contributed by atoms with E-state index in [1.54, 1.807) is 12.0 Å². The van der Waals surface area contributed by atoms with E-state index in [2.05, 4.69) is 0 Å². The molecule has 0 heterocycles. The average Bonchev–Trinajstić information content (AvgIpc) is 2.36. The first kappa shape index (κ1) is 14.5. The summed E-state index contributed by atoms with van der Waals surface area (Å²) in [6, 6.07) is -0.413. The van der Waals surface area contributed by atoms with Gasteiger partial charge in [0.2, 0.25) is 5.91 Å². The first-order valence-electron chi connectivity index (χ1n) is 6.64. The fourth-order valence-electron chi connectivity index (χ4n) is 2.50. The zero-order valence-electron chi connectivity index (χ0n) is 11.2. The van der Waals surface area contributed by atoms with Gasteiger partial charge in [-0.15, -0.1) is 0 Å². The summed E-state index contributed by atoms with van der Waals surface area (Å²) in [7, 11) is 3.49. The topological polar surface area (TPSA) is 55.6 Å². The molecule has 1 saturated carbocycles. The summed E-state index contributed by atoms with van der Waals surface area (Å²) in [6.07, 6.45) is 7.08. The van der Waals surface area contributed by atoms with Crippen molar-refractivity contribution < 1.29 is 9.53 Å². The molecule has 1 atom stereocenters. The first-order chi connectivity index (χ1) is 8.15. The number of nitrogens with zero attached hydrogens (tertiary/aromatic N) is 1. The molecule has 1 aliphatic rings. The third-order valence-electron chi connectivity index (χ3n) is 3.58. The van der Waals surface area contributed by atoms with Gasteiger partial charge >= 0.3 is 0 Å². The van der Waals surface area contributed by atoms with E-state index in [1.165, 1.54) is 32.1 Å². The summed E-state index contributed by atoms with van der Waals surface area (Å²) in [6.45, 7) is 1.41. The standard InChI is InChI=1S/C13H26N2O2/c1-15(10-11-6-4-3-5-7-11)13(16)12(14)8-9-17-2/h11-12H,3-10,14H2,1-2H3. The Balaban J connectivity index is 2.29. The molecular formula is C13H26N2O2. The maximum Gasteiger partial charge on any atom is 0.239 e. The van der Waals surface area contributed by atoms with Crippen molar-refractivity contribution in [1.82, 2.24) is 4.90 Å². The van der Waals surface area contributed by atoms with Crippen LogP contribution in [0, 0.1) is 5.92 Å². The van der Waals surface area contributed by atoms with Gasteiger partial charge in [0.15, 0.2) is 0 Å². The van der Waals surface area contributed by atoms with Crippen LogP contribution in [0.25, 0.3) is 0 Å². The Morgan fingerprint density at radius 3 is 2.65 bits per heavy atom. The lowest BCUT2D eigenvalue weighted by Gasteiger charge is -2.28. The molecule has 4 nitrogen and oxygen atoms in total. The Morgan fingerprint density at radius 2 is 2.06 bits per heavy atom. The second kappa shape index (κ2) is 7.67. The van der Waals surface area contributed by atoms with Gasteiger partial charge in [0.05, 0.1) is 6.04 Å². The van der Waals surface area contributed by atoms with Gasteiger partial charge < -0.3 is 15.4 Å². The highest BCUT2D eigenvalue weighted by molar-refractivity contribution is 5.81. The summed E-state index contributed by atoms with van der Waals surface area (Å²) in [5.41, 5.74) is 5.84. The van der Waals surface area contributed by atoms with E-state index in [9.17, 15) is 4.79 Å². The Morgan fingerprint density at radius 1 is 1.41 bits per heavy atom. The summed E-state index contributed by atoms with van der Waals surface area (Å²) in [4.78, 5) is 13.8. The smallest absolute Gasteiger partial charge is 0.239 e. The predicted octanol–water partition coefficient (Wildman–Crippen LogP) is 1.39. The van der Waals surface area contributed by atoms with Crippen LogP contribution in [0.3, 0.4) is 0 Å². The number of likely N-dealkylation sites (N-methyl/N-ethyl adjacent to an activating group) is 1. The number of carbonyl (C=O) groups excluding carboxylic acids is 1. The second-order valence-corrected chi connectivity index (χ2v) is 5.11. The molecule has 1 fully saturated rings. The number of hydrogen-bond donors (Lipinski definition) is 1. The number of hydrogen-bond acceptors (Lipinski definition) is 3. The molecule has 1 aliphatic carbocycles. The molecule has 0 aromatic carbocycles. The predicted molar refractivity (Wildman–Crippen MR) is 68.7 cm³/mol. The summed E-state index contributed by atoms with van der Waals surface area (Å²) < 4.78 is 4.94. The van der Waals surface area contributed by atoms with Crippen LogP contribution in [-0.2, 0) is 9.53 Å². The molecule has 2 N–H and O–H groups in total. The SMILES string of the molecule is COCCC(N)C(=O)N(C)CC1CCCCC1. The van der Waals surface area contributed by atoms with Gasteiger partial charge in [0.25, 0.3) is 0 Å². The minimum atomic E-state index is -0.413. The van der Waals surface area contributed by atoms with E-state index in [0.717, 1.165) is 6.54 Å². The van der Waals surface area contributed by atoms with Crippen molar-refractivity contribution in [2.75, 3.05) is 27.3 Å². The molecule has 0 aromatic rings. The largest absolute Gasteiger partial charge is 0.385 e. The monoisotopic (exact) mass is 242 g/mol. The maximum atomic E-state index is 12.0. The number of rotatable bonds is 6. The Kier molecular flexibility index (Phi) is 6.52. The van der Waals surface area contributed by atoms with Crippen LogP contribution >= 0.6 is 0 Å². The lowest BCUT2D eigenvalue weighted by atomic mass is 9.89. The number of ether oxygens (including phenoxy) is 1. The molecular weight excluding hydrogens is 216 g/mol. The van der Waals surface area contributed by atoms with Gasteiger partial charge in [-0.05, 0) is 25.2 Å². The molecule has 0 bridgehead atoms. The van der Waals surface area contributed by atoms with Crippen molar-refractivity contribution in [2.45, 2.75) is 44.6 Å². The number of methoxy groups -OCH3 is 1. The Bertz CT molecular complexity index is 227. The van der Waals surface area contributed by atoms with E-state index in [-0.39, 0.29) is 5.91 Å². The van der Waals surface area contributed by atoms with Crippen LogP contribution in [0.1, 0.15) is 38.5 Å². The quantitative estimate of drug-likeness (QED) is 0.765. The van der Waals surface area contributed by atoms with E-state index in [1.807, 2.05) is 7.05 Å². The van der Waals surface area contributed by atoms with E-state index in [0.29, 0.717) is 18.9 Å². The first-order valence-corrected chi connectivity index (χ1v) is 6.64. The fraction of sp³-hybridized carbons (Fsp3) is 0.923. The molecule has 17 heavy (non-hydrogen) atoms. The molecule has 1 unspecified atom stereocenters. The molecule has 1 amide bonds. The van der Waals surface area contributed by atoms with Gasteiger partial charge in [-0.2, -0.15) is 0 Å². The van der Waals surface area contributed by atoms with Crippen molar-refractivity contribution >= 4 is 5.91 Å². The highest BCUT2D eigenvalue weighted by atomic mass is 16.5. The molecule has 0 saturated heterocycles. The van der Waals surface area contributed by atoms with Crippen LogP contribution in [0.4, 0.5) is 0 Å². The van der Waals surface area contributed by atoms with Gasteiger partial charge in [0, 0.05) is 27.3 Å². The lowest BCUT2D eigenvalue weighted by Crippen LogP contribution is -2.44. The molecule has 1 rings (SSSR count). The van der Waals surface area contributed by atoms with E-state index in [4.69, 9.17) is 10.5 Å². The molecule has 0 radical (unpaired) electrons. The molecule has 100 valence electrons. The summed E-state index contributed by atoms with van der Waals surface area (Å²) in [5, 5.41) is 0. The lowest BCUT2D eigenvalue weighted by molar-refractivity contribution is -0.132. The van der Waals surface area contributed by atoms with E-state index < -0.39 is 6.04 Å². The van der Waals surface area contributed by atoms with Crippen molar-refractivity contribution in [3.8, 4) is 0 Å². The highest BCUT2D eigenvalue weighted by Gasteiger charge is 2.21. The molecule has 0 aromatic heterocycles. The minimum Gasteiger partial charge on any atom is -0.385 e. The van der Waals surface area contributed by atoms with Gasteiger partial charge in [0.1, 0.15) is 0 Å². The van der Waals surface area contributed by atoms with Crippen LogP contribution < -0.4 is 5.73 Å². The van der Waals surface area contributed by atoms with Crippen LogP contribution in [0.5, 0.6) is 0 Å². The molecule has 0 aliphatic heterocycles. The van der Waals surface area contributed by atoms with Crippen molar-refractivity contribution in [3.63, 3.8) is 0 Å². The number of amides is 1. The van der Waals surface area contributed by atoms with Crippen LogP contribution in [0.2, 0.25) is 0 Å². The summed E-state index contributed by atoms with van der Waals surface area (Å²) in [5.74, 6) is 0.722. The average molecular weight is 242 g/mol. The minimum absolute atomic E-state index is 0.0487. The highest BCUT2D eigenvalue weighted by Crippen LogP contribution is 2.24. The second-order valence-electron chi connectivity index (χ2n) is 5.11. The number of carbonyl (C=O) groups is 1. The van der Waals surface area contributed by atoms with Gasteiger partial charge in [-0.25, -0.2) is 0 Å². The third kappa shape index (κ3) is 5.04. The third-order valence-corrected chi connectivity index (χ3v) is 3.58. The fourth-order valence-corrected chi connectivity index (χ4v) is 2.50. The van der Waals surface area contributed by atoms with Gasteiger partial charge in [-0.3, -0.25) is 4.79 Å². The zero-order chi connectivity index (χ0) is 12.7. The van der Waals surface area contributed by atoms with Crippen LogP contribution in [-0.4, -0.2) is 44.2 Å².